The van der Waals surface area contributed by atoms with Crippen LogP contribution in [0.2, 0.25) is 0 Å². The van der Waals surface area contributed by atoms with Crippen LogP contribution < -0.4 is 0 Å². The lowest BCUT2D eigenvalue weighted by atomic mass is 10.2. The van der Waals surface area contributed by atoms with Crippen LogP contribution in [0.4, 0.5) is 0 Å². The minimum absolute atomic E-state index is 0.142. The van der Waals surface area contributed by atoms with Crippen LogP contribution in [-0.2, 0) is 6.42 Å². The molecular weight excluding hydrogens is 220 g/mol. The van der Waals surface area contributed by atoms with Crippen molar-refractivity contribution in [3.8, 4) is 0 Å². The van der Waals surface area contributed by atoms with Gasteiger partial charge in [-0.3, -0.25) is 0 Å². The Morgan fingerprint density at radius 2 is 2.24 bits per heavy atom. The predicted octanol–water partition coefficient (Wildman–Crippen LogP) is 1.51. The van der Waals surface area contributed by atoms with Crippen molar-refractivity contribution in [3.63, 3.8) is 0 Å². The highest BCUT2D eigenvalue weighted by molar-refractivity contribution is 5.87. The molecule has 0 spiro atoms. The number of aryl methyl sites for hydroxylation is 1. The molecule has 2 rings (SSSR count). The predicted molar refractivity (Wildman–Crippen MR) is 61.2 cm³/mol. The Bertz CT molecular complexity index is 574. The largest absolute Gasteiger partial charge is 0.476 e. The van der Waals surface area contributed by atoms with E-state index in [4.69, 9.17) is 0 Å². The standard InChI is InChI=1S/C11H14N4O2/c1-4-7-5-12-11-13-9(6(2)3)14-15(11)8(7)10(16)17/h5-6H,4H2,1-3H3,(H,16,17). The van der Waals surface area contributed by atoms with Gasteiger partial charge in [0.05, 0.1) is 0 Å². The highest BCUT2D eigenvalue weighted by Gasteiger charge is 2.18. The fourth-order valence-electron chi connectivity index (χ4n) is 1.62. The van der Waals surface area contributed by atoms with Gasteiger partial charge < -0.3 is 5.11 Å². The Kier molecular flexibility index (Phi) is 2.79. The summed E-state index contributed by atoms with van der Waals surface area (Å²) in [5.74, 6) is 0.0782. The van der Waals surface area contributed by atoms with E-state index in [0.717, 1.165) is 0 Å². The van der Waals surface area contributed by atoms with Crippen molar-refractivity contribution in [3.05, 3.63) is 23.3 Å². The van der Waals surface area contributed by atoms with Gasteiger partial charge in [-0.1, -0.05) is 20.8 Å². The Morgan fingerprint density at radius 1 is 1.53 bits per heavy atom. The third-order valence-corrected chi connectivity index (χ3v) is 2.56. The van der Waals surface area contributed by atoms with E-state index in [1.54, 1.807) is 6.20 Å². The van der Waals surface area contributed by atoms with Gasteiger partial charge in [0.15, 0.2) is 11.5 Å². The number of fused-ring (bicyclic) bond motifs is 1. The van der Waals surface area contributed by atoms with Crippen molar-refractivity contribution in [1.82, 2.24) is 19.6 Å². The van der Waals surface area contributed by atoms with Crippen LogP contribution in [0, 0.1) is 0 Å². The second-order valence-corrected chi connectivity index (χ2v) is 4.13. The molecule has 90 valence electrons. The number of nitrogens with zero attached hydrogens (tertiary/aromatic N) is 4. The van der Waals surface area contributed by atoms with Gasteiger partial charge in [0.1, 0.15) is 0 Å². The van der Waals surface area contributed by atoms with Gasteiger partial charge in [-0.05, 0) is 6.42 Å². The SMILES string of the molecule is CCc1cnc2nc(C(C)C)nn2c1C(=O)O. The second-order valence-electron chi connectivity index (χ2n) is 4.13. The number of hydrogen-bond acceptors (Lipinski definition) is 4. The number of rotatable bonds is 3. The maximum Gasteiger partial charge on any atom is 0.355 e. The van der Waals surface area contributed by atoms with Crippen molar-refractivity contribution in [2.45, 2.75) is 33.1 Å². The second kappa shape index (κ2) is 4.12. The van der Waals surface area contributed by atoms with Crippen molar-refractivity contribution in [2.75, 3.05) is 0 Å². The molecular formula is C11H14N4O2. The molecule has 1 N–H and O–H groups in total. The minimum atomic E-state index is -1.01. The lowest BCUT2D eigenvalue weighted by molar-refractivity contribution is 0.0685. The molecule has 6 nitrogen and oxygen atoms in total. The maximum atomic E-state index is 11.3. The van der Waals surface area contributed by atoms with Crippen molar-refractivity contribution >= 4 is 11.7 Å². The molecule has 0 atom stereocenters. The fraction of sp³-hybridized carbons (Fsp3) is 0.455. The summed E-state index contributed by atoms with van der Waals surface area (Å²) >= 11 is 0. The molecule has 0 fully saturated rings. The summed E-state index contributed by atoms with van der Waals surface area (Å²) in [7, 11) is 0. The fourth-order valence-corrected chi connectivity index (χ4v) is 1.62. The molecule has 2 aromatic heterocycles. The first-order chi connectivity index (χ1) is 8.04. The number of carbonyl (C=O) groups is 1. The first-order valence-electron chi connectivity index (χ1n) is 5.52. The molecule has 6 heteroatoms. The van der Waals surface area contributed by atoms with E-state index in [1.165, 1.54) is 4.52 Å². The summed E-state index contributed by atoms with van der Waals surface area (Å²) in [5, 5.41) is 13.4. The molecule has 0 aromatic carbocycles. The molecule has 17 heavy (non-hydrogen) atoms. The van der Waals surface area contributed by atoms with Gasteiger partial charge in [0, 0.05) is 17.7 Å². The van der Waals surface area contributed by atoms with Gasteiger partial charge in [0.25, 0.3) is 5.78 Å². The van der Waals surface area contributed by atoms with Crippen LogP contribution in [0.15, 0.2) is 6.20 Å². The molecule has 0 aliphatic carbocycles. The first kappa shape index (κ1) is 11.5. The molecule has 0 unspecified atom stereocenters. The Hall–Kier alpha value is -1.98. The Morgan fingerprint density at radius 3 is 2.76 bits per heavy atom. The zero-order valence-corrected chi connectivity index (χ0v) is 10.0. The third kappa shape index (κ3) is 1.86. The summed E-state index contributed by atoms with van der Waals surface area (Å²) in [6, 6.07) is 0. The quantitative estimate of drug-likeness (QED) is 0.870. The Balaban J connectivity index is 2.75. The zero-order valence-electron chi connectivity index (χ0n) is 10.0. The van der Waals surface area contributed by atoms with Gasteiger partial charge in [0.2, 0.25) is 0 Å². The number of hydrogen-bond donors (Lipinski definition) is 1. The molecule has 0 radical (unpaired) electrons. The van der Waals surface area contributed by atoms with E-state index in [9.17, 15) is 9.90 Å². The van der Waals surface area contributed by atoms with Gasteiger partial charge in [-0.25, -0.2) is 9.78 Å². The molecule has 0 amide bonds. The van der Waals surface area contributed by atoms with Crippen LogP contribution in [-0.4, -0.2) is 30.7 Å². The summed E-state index contributed by atoms with van der Waals surface area (Å²) < 4.78 is 1.32. The van der Waals surface area contributed by atoms with E-state index in [1.807, 2.05) is 20.8 Å². The highest BCUT2D eigenvalue weighted by Crippen LogP contribution is 2.14. The van der Waals surface area contributed by atoms with Crippen LogP contribution in [0.25, 0.3) is 5.78 Å². The van der Waals surface area contributed by atoms with E-state index < -0.39 is 5.97 Å². The highest BCUT2D eigenvalue weighted by atomic mass is 16.4. The van der Waals surface area contributed by atoms with E-state index in [-0.39, 0.29) is 11.6 Å². The van der Waals surface area contributed by atoms with Crippen LogP contribution in [0.5, 0.6) is 0 Å². The zero-order chi connectivity index (χ0) is 12.6. The summed E-state index contributed by atoms with van der Waals surface area (Å²) in [4.78, 5) is 19.6. The number of carboxylic acid groups (broad SMARTS) is 1. The Labute approximate surface area is 98.3 Å². The lowest BCUT2D eigenvalue weighted by Crippen LogP contribution is -2.11. The number of carboxylic acids is 1. The van der Waals surface area contributed by atoms with E-state index >= 15 is 0 Å². The van der Waals surface area contributed by atoms with Crippen molar-refractivity contribution < 1.29 is 9.90 Å². The molecule has 0 saturated heterocycles. The third-order valence-electron chi connectivity index (χ3n) is 2.56. The molecule has 2 aromatic rings. The molecule has 0 aliphatic heterocycles. The normalized spacial score (nSPS) is 11.3. The van der Waals surface area contributed by atoms with E-state index in [2.05, 4.69) is 15.1 Å². The van der Waals surface area contributed by atoms with Crippen molar-refractivity contribution in [2.24, 2.45) is 0 Å². The molecule has 0 bridgehead atoms. The van der Waals surface area contributed by atoms with Crippen molar-refractivity contribution in [1.29, 1.82) is 0 Å². The molecule has 0 aliphatic rings. The number of aromatic carboxylic acids is 1. The summed E-state index contributed by atoms with van der Waals surface area (Å²) in [5.41, 5.74) is 0.808. The maximum absolute atomic E-state index is 11.3. The van der Waals surface area contributed by atoms with Gasteiger partial charge in [-0.2, -0.15) is 9.50 Å². The average Bonchev–Trinajstić information content (AvgIpc) is 2.70. The number of aromatic nitrogens is 4. The smallest absolute Gasteiger partial charge is 0.355 e. The van der Waals surface area contributed by atoms with Crippen LogP contribution in [0.3, 0.4) is 0 Å². The summed E-state index contributed by atoms with van der Waals surface area (Å²) in [6.07, 6.45) is 2.15. The average molecular weight is 234 g/mol. The summed E-state index contributed by atoms with van der Waals surface area (Å²) in [6.45, 7) is 5.79. The van der Waals surface area contributed by atoms with E-state index in [0.29, 0.717) is 23.6 Å². The lowest BCUT2D eigenvalue weighted by Gasteiger charge is -2.03. The van der Waals surface area contributed by atoms with Crippen LogP contribution in [0.1, 0.15) is 48.6 Å². The monoisotopic (exact) mass is 234 g/mol. The minimum Gasteiger partial charge on any atom is -0.476 e. The molecule has 2 heterocycles. The van der Waals surface area contributed by atoms with Crippen LogP contribution >= 0.6 is 0 Å². The first-order valence-corrected chi connectivity index (χ1v) is 5.52. The van der Waals surface area contributed by atoms with Gasteiger partial charge >= 0.3 is 5.97 Å². The molecule has 0 saturated carbocycles. The van der Waals surface area contributed by atoms with Gasteiger partial charge in [-0.15, -0.1) is 5.10 Å². The topological polar surface area (TPSA) is 80.4 Å².